The Labute approximate surface area is 162 Å². The van der Waals surface area contributed by atoms with Crippen LogP contribution in [0.5, 0.6) is 0 Å². The average Bonchev–Trinajstić information content (AvgIpc) is 2.61. The smallest absolute Gasteiger partial charge is 0.344 e. The summed E-state index contributed by atoms with van der Waals surface area (Å²) in [5, 5.41) is 2.80. The molecule has 0 fully saturated rings. The van der Waals surface area contributed by atoms with E-state index in [1.54, 1.807) is 0 Å². The van der Waals surface area contributed by atoms with Crippen LogP contribution in [0.4, 0.5) is 13.2 Å². The highest BCUT2D eigenvalue weighted by atomic mass is 35.5. The van der Waals surface area contributed by atoms with Gasteiger partial charge in [-0.25, -0.2) is 0 Å². The number of carbonyl (C=O) groups is 1. The summed E-state index contributed by atoms with van der Waals surface area (Å²) in [5.41, 5.74) is -0.242. The molecule has 0 aliphatic rings. The second-order valence-corrected chi connectivity index (χ2v) is 7.07. The largest absolute Gasteiger partial charge is 0.416 e. The van der Waals surface area contributed by atoms with Crippen molar-refractivity contribution in [2.24, 2.45) is 0 Å². The number of alkyl halides is 3. The third-order valence-electron chi connectivity index (χ3n) is 4.40. The zero-order valence-electron chi connectivity index (χ0n) is 15.3. The van der Waals surface area contributed by atoms with E-state index in [2.05, 4.69) is 5.32 Å². The Hall–Kier alpha value is -2.05. The van der Waals surface area contributed by atoms with Gasteiger partial charge < -0.3 is 10.2 Å². The summed E-state index contributed by atoms with van der Waals surface area (Å²) >= 11 is 5.99. The molecular weight excluding hydrogens is 377 g/mol. The predicted molar refractivity (Wildman–Crippen MR) is 101 cm³/mol. The fourth-order valence-electron chi connectivity index (χ4n) is 2.53. The fourth-order valence-corrected chi connectivity index (χ4v) is 2.73. The second-order valence-electron chi connectivity index (χ2n) is 6.66. The lowest BCUT2D eigenvalue weighted by atomic mass is 10.0. The number of carbonyl (C=O) groups excluding carboxylic acids is 1. The average molecular weight is 399 g/mol. The standard InChI is InChI=1S/C20H22ClF3N2O/c1-13(2)26(3)12-18(14-7-5-4-6-8-14)25-19(27)16-11-15(20(22,23)24)9-10-17(16)21/h4-11,13,18H,12H2,1-3H3,(H,25,27)/t18-/m1/s1. The highest BCUT2D eigenvalue weighted by Crippen LogP contribution is 2.32. The molecule has 0 heterocycles. The number of hydrogen-bond acceptors (Lipinski definition) is 2. The summed E-state index contributed by atoms with van der Waals surface area (Å²) in [6.45, 7) is 4.55. The SMILES string of the molecule is CC(C)N(C)C[C@@H](NC(=O)c1cc(C(F)(F)F)ccc1Cl)c1ccccc1. The van der Waals surface area contributed by atoms with Crippen molar-refractivity contribution in [2.75, 3.05) is 13.6 Å². The van der Waals surface area contributed by atoms with E-state index in [4.69, 9.17) is 11.6 Å². The second kappa shape index (κ2) is 8.76. The molecule has 7 heteroatoms. The Bertz CT molecular complexity index is 779. The van der Waals surface area contributed by atoms with E-state index in [1.807, 2.05) is 56.1 Å². The van der Waals surface area contributed by atoms with Gasteiger partial charge in [0.1, 0.15) is 0 Å². The molecule has 27 heavy (non-hydrogen) atoms. The zero-order chi connectivity index (χ0) is 20.2. The maximum Gasteiger partial charge on any atom is 0.416 e. The van der Waals surface area contributed by atoms with Crippen LogP contribution in [0, 0.1) is 0 Å². The minimum Gasteiger partial charge on any atom is -0.344 e. The van der Waals surface area contributed by atoms with Gasteiger partial charge in [-0.3, -0.25) is 4.79 Å². The Morgan fingerprint density at radius 1 is 1.15 bits per heavy atom. The van der Waals surface area contributed by atoms with Crippen LogP contribution in [0.25, 0.3) is 0 Å². The van der Waals surface area contributed by atoms with E-state index in [0.717, 1.165) is 23.8 Å². The normalized spacial score (nSPS) is 13.1. The molecule has 3 nitrogen and oxygen atoms in total. The van der Waals surface area contributed by atoms with E-state index in [-0.39, 0.29) is 16.6 Å². The van der Waals surface area contributed by atoms with E-state index in [1.165, 1.54) is 0 Å². The molecule has 1 amide bonds. The van der Waals surface area contributed by atoms with E-state index in [0.29, 0.717) is 6.54 Å². The number of halogens is 4. The van der Waals surface area contributed by atoms with Crippen LogP contribution in [0.1, 0.15) is 41.4 Å². The van der Waals surface area contributed by atoms with Gasteiger partial charge in [-0.1, -0.05) is 41.9 Å². The zero-order valence-corrected chi connectivity index (χ0v) is 16.1. The van der Waals surface area contributed by atoms with Crippen LogP contribution in [0.15, 0.2) is 48.5 Å². The molecule has 0 aliphatic carbocycles. The lowest BCUT2D eigenvalue weighted by Gasteiger charge is -2.28. The summed E-state index contributed by atoms with van der Waals surface area (Å²) in [7, 11) is 1.92. The molecule has 2 aromatic carbocycles. The summed E-state index contributed by atoms with van der Waals surface area (Å²) in [6.07, 6.45) is -4.55. The van der Waals surface area contributed by atoms with Crippen molar-refractivity contribution in [1.82, 2.24) is 10.2 Å². The van der Waals surface area contributed by atoms with Crippen LogP contribution < -0.4 is 5.32 Å². The minimum absolute atomic E-state index is 0.0236. The van der Waals surface area contributed by atoms with Crippen molar-refractivity contribution in [1.29, 1.82) is 0 Å². The molecule has 0 saturated heterocycles. The quantitative estimate of drug-likeness (QED) is 0.728. The monoisotopic (exact) mass is 398 g/mol. The molecular formula is C20H22ClF3N2O. The minimum atomic E-state index is -4.55. The first-order valence-corrected chi connectivity index (χ1v) is 8.90. The highest BCUT2D eigenvalue weighted by Gasteiger charge is 2.32. The number of hydrogen-bond donors (Lipinski definition) is 1. The molecule has 2 rings (SSSR count). The van der Waals surface area contributed by atoms with Crippen molar-refractivity contribution in [3.63, 3.8) is 0 Å². The summed E-state index contributed by atoms with van der Waals surface area (Å²) in [5.74, 6) is -0.642. The topological polar surface area (TPSA) is 32.3 Å². The van der Waals surface area contributed by atoms with Crippen LogP contribution in [-0.2, 0) is 6.18 Å². The number of likely N-dealkylation sites (N-methyl/N-ethyl adjacent to an activating group) is 1. The summed E-state index contributed by atoms with van der Waals surface area (Å²) < 4.78 is 38.9. The molecule has 1 N–H and O–H groups in total. The van der Waals surface area contributed by atoms with Gasteiger partial charge in [-0.2, -0.15) is 13.2 Å². The van der Waals surface area contributed by atoms with Crippen LogP contribution in [0.3, 0.4) is 0 Å². The summed E-state index contributed by atoms with van der Waals surface area (Å²) in [6, 6.07) is 11.9. The maximum absolute atomic E-state index is 13.0. The van der Waals surface area contributed by atoms with Crippen molar-refractivity contribution in [3.8, 4) is 0 Å². The maximum atomic E-state index is 13.0. The molecule has 1 atom stereocenters. The molecule has 0 radical (unpaired) electrons. The van der Waals surface area contributed by atoms with E-state index >= 15 is 0 Å². The van der Waals surface area contributed by atoms with Crippen LogP contribution >= 0.6 is 11.6 Å². The van der Waals surface area contributed by atoms with Gasteiger partial charge in [0, 0.05) is 12.6 Å². The Morgan fingerprint density at radius 2 is 1.78 bits per heavy atom. The van der Waals surface area contributed by atoms with Crippen LogP contribution in [0.2, 0.25) is 5.02 Å². The molecule has 0 aliphatic heterocycles. The molecule has 0 saturated carbocycles. The molecule has 2 aromatic rings. The molecule has 0 bridgehead atoms. The lowest BCUT2D eigenvalue weighted by molar-refractivity contribution is -0.137. The summed E-state index contributed by atoms with van der Waals surface area (Å²) in [4.78, 5) is 14.7. The highest BCUT2D eigenvalue weighted by molar-refractivity contribution is 6.33. The first-order chi connectivity index (χ1) is 12.6. The van der Waals surface area contributed by atoms with Gasteiger partial charge in [-0.15, -0.1) is 0 Å². The number of amides is 1. The first-order valence-electron chi connectivity index (χ1n) is 8.52. The number of nitrogens with one attached hydrogen (secondary N) is 1. The van der Waals surface area contributed by atoms with Gasteiger partial charge >= 0.3 is 6.18 Å². The van der Waals surface area contributed by atoms with Gasteiger partial charge in [-0.05, 0) is 44.7 Å². The van der Waals surface area contributed by atoms with Crippen molar-refractivity contribution in [3.05, 3.63) is 70.2 Å². The fraction of sp³-hybridized carbons (Fsp3) is 0.350. The molecule has 0 spiro atoms. The van der Waals surface area contributed by atoms with Crippen LogP contribution in [-0.4, -0.2) is 30.4 Å². The van der Waals surface area contributed by atoms with Crippen molar-refractivity contribution < 1.29 is 18.0 Å². The number of nitrogens with zero attached hydrogens (tertiary/aromatic N) is 1. The Morgan fingerprint density at radius 3 is 2.33 bits per heavy atom. The third-order valence-corrected chi connectivity index (χ3v) is 4.73. The van der Waals surface area contributed by atoms with E-state index in [9.17, 15) is 18.0 Å². The van der Waals surface area contributed by atoms with Crippen molar-refractivity contribution >= 4 is 17.5 Å². The lowest BCUT2D eigenvalue weighted by Crippen LogP contribution is -2.39. The number of rotatable bonds is 6. The molecule has 146 valence electrons. The van der Waals surface area contributed by atoms with E-state index < -0.39 is 23.7 Å². The van der Waals surface area contributed by atoms with Gasteiger partial charge in [0.2, 0.25) is 0 Å². The Kier molecular flexibility index (Phi) is 6.89. The predicted octanol–water partition coefficient (Wildman–Crippen LogP) is 5.17. The third kappa shape index (κ3) is 5.71. The Balaban J connectivity index is 2.30. The number of benzene rings is 2. The van der Waals surface area contributed by atoms with Gasteiger partial charge in [0.05, 0.1) is 22.2 Å². The molecule has 0 unspecified atom stereocenters. The van der Waals surface area contributed by atoms with Gasteiger partial charge in [0.25, 0.3) is 5.91 Å². The van der Waals surface area contributed by atoms with Crippen molar-refractivity contribution in [2.45, 2.75) is 32.1 Å². The molecule has 0 aromatic heterocycles. The first kappa shape index (κ1) is 21.3. The van der Waals surface area contributed by atoms with Gasteiger partial charge in [0.15, 0.2) is 0 Å².